The maximum atomic E-state index is 4.88. The van der Waals surface area contributed by atoms with Gasteiger partial charge in [-0.3, -0.25) is 0 Å². The highest BCUT2D eigenvalue weighted by atomic mass is 15.3. The molecular weight excluding hydrogens is 334 g/mol. The van der Waals surface area contributed by atoms with Gasteiger partial charge in [0.05, 0.1) is 11.0 Å². The van der Waals surface area contributed by atoms with Gasteiger partial charge in [-0.2, -0.15) is 5.10 Å². The number of hydrogen-bond acceptors (Lipinski definition) is 4. The molecule has 4 rings (SSSR count). The van der Waals surface area contributed by atoms with E-state index in [1.165, 1.54) is 11.6 Å². The molecule has 2 aliphatic rings. The van der Waals surface area contributed by atoms with Crippen molar-refractivity contribution in [2.45, 2.75) is 61.8 Å². The lowest BCUT2D eigenvalue weighted by Gasteiger charge is -2.21. The fraction of sp³-hybridized carbons (Fsp3) is 0.591. The highest BCUT2D eigenvalue weighted by Gasteiger charge is 2.35. The van der Waals surface area contributed by atoms with Crippen LogP contribution in [0.2, 0.25) is 0 Å². The predicted molar refractivity (Wildman–Crippen MR) is 117 cm³/mol. The molecule has 0 saturated heterocycles. The fourth-order valence-electron chi connectivity index (χ4n) is 3.11. The first-order valence-corrected chi connectivity index (χ1v) is 10.6. The Hall–Kier alpha value is -2.17. The topological polar surface area (TPSA) is 46.8 Å². The minimum Gasteiger partial charge on any atom is -0.357 e. The number of nitrogens with zero attached hydrogens (tertiary/aromatic N) is 5. The van der Waals surface area contributed by atoms with Gasteiger partial charge in [0.25, 0.3) is 0 Å². The lowest BCUT2D eigenvalue weighted by atomic mass is 10.1. The Labute approximate surface area is 164 Å². The second-order valence-electron chi connectivity index (χ2n) is 5.71. The SMILES string of the molecule is CC.CC.CC.CCN(CC)c1cc(-n2cncn2)c2c(n1)=CC1CC1C=2. The molecule has 2 aromatic heterocycles. The Morgan fingerprint density at radius 1 is 1.00 bits per heavy atom. The molecule has 1 fully saturated rings. The van der Waals surface area contributed by atoms with E-state index in [-0.39, 0.29) is 0 Å². The second kappa shape index (κ2) is 11.5. The fourth-order valence-corrected chi connectivity index (χ4v) is 3.11. The Balaban J connectivity index is 0.000000556. The molecule has 0 spiro atoms. The van der Waals surface area contributed by atoms with Gasteiger partial charge in [0.2, 0.25) is 0 Å². The van der Waals surface area contributed by atoms with Crippen molar-refractivity contribution in [3.05, 3.63) is 29.3 Å². The van der Waals surface area contributed by atoms with Crippen LogP contribution < -0.4 is 15.5 Å². The molecule has 2 unspecified atom stereocenters. The van der Waals surface area contributed by atoms with Gasteiger partial charge >= 0.3 is 0 Å². The van der Waals surface area contributed by atoms with Crippen molar-refractivity contribution >= 4 is 18.0 Å². The summed E-state index contributed by atoms with van der Waals surface area (Å²) in [5.41, 5.74) is 1.08. The molecule has 2 aromatic rings. The van der Waals surface area contributed by atoms with Crippen molar-refractivity contribution in [2.24, 2.45) is 11.8 Å². The van der Waals surface area contributed by atoms with E-state index in [0.29, 0.717) is 11.8 Å². The van der Waals surface area contributed by atoms with Crippen molar-refractivity contribution < 1.29 is 0 Å². The van der Waals surface area contributed by atoms with Gasteiger partial charge in [-0.15, -0.1) is 0 Å². The number of aromatic nitrogens is 4. The molecule has 5 heteroatoms. The summed E-state index contributed by atoms with van der Waals surface area (Å²) in [4.78, 5) is 11.2. The van der Waals surface area contributed by atoms with E-state index in [9.17, 15) is 0 Å². The minimum absolute atomic E-state index is 0.695. The van der Waals surface area contributed by atoms with Gasteiger partial charge in [-0.25, -0.2) is 14.6 Å². The molecule has 2 atom stereocenters. The average Bonchev–Trinajstić information content (AvgIpc) is 3.28. The molecule has 0 aromatic carbocycles. The third kappa shape index (κ3) is 5.18. The number of rotatable bonds is 4. The first-order chi connectivity index (χ1) is 13.3. The molecule has 1 saturated carbocycles. The van der Waals surface area contributed by atoms with Crippen LogP contribution in [0.5, 0.6) is 0 Å². The monoisotopic (exact) mass is 371 g/mol. The van der Waals surface area contributed by atoms with Crippen molar-refractivity contribution in [3.8, 4) is 5.69 Å². The van der Waals surface area contributed by atoms with Crippen LogP contribution in [0.1, 0.15) is 61.8 Å². The molecule has 2 aliphatic carbocycles. The van der Waals surface area contributed by atoms with E-state index in [4.69, 9.17) is 4.98 Å². The highest BCUT2D eigenvalue weighted by Crippen LogP contribution is 2.42. The summed E-state index contributed by atoms with van der Waals surface area (Å²) in [5, 5.41) is 6.62. The maximum Gasteiger partial charge on any atom is 0.138 e. The quantitative estimate of drug-likeness (QED) is 0.820. The summed E-state index contributed by atoms with van der Waals surface area (Å²) >= 11 is 0. The minimum atomic E-state index is 0.695. The molecule has 0 N–H and O–H groups in total. The molecular formula is C22H37N5. The van der Waals surface area contributed by atoms with E-state index in [2.05, 4.69) is 47.0 Å². The second-order valence-corrected chi connectivity index (χ2v) is 5.71. The first kappa shape index (κ1) is 22.9. The zero-order valence-electron chi connectivity index (χ0n) is 18.4. The third-order valence-corrected chi connectivity index (χ3v) is 4.45. The third-order valence-electron chi connectivity index (χ3n) is 4.45. The average molecular weight is 372 g/mol. The van der Waals surface area contributed by atoms with E-state index < -0.39 is 0 Å². The van der Waals surface area contributed by atoms with E-state index in [1.807, 2.05) is 46.2 Å². The Morgan fingerprint density at radius 2 is 1.63 bits per heavy atom. The predicted octanol–water partition coefficient (Wildman–Crippen LogP) is 3.80. The van der Waals surface area contributed by atoms with Crippen LogP contribution in [0.15, 0.2) is 18.7 Å². The molecule has 27 heavy (non-hydrogen) atoms. The lowest BCUT2D eigenvalue weighted by molar-refractivity contribution is 0.822. The Kier molecular flexibility index (Phi) is 9.76. The van der Waals surface area contributed by atoms with Gasteiger partial charge in [-0.05, 0) is 32.1 Å². The van der Waals surface area contributed by atoms with Crippen molar-refractivity contribution in [1.82, 2.24) is 19.7 Å². The standard InChI is InChI=1S/C16H19N5.3C2H6/c1-3-20(4-2)16-8-15(21-10-17-9-18-21)13-6-11-5-12(11)7-14(13)19-16;3*1-2/h6-12H,3-5H2,1-2H3;3*1-2H3. The molecule has 150 valence electrons. The zero-order valence-corrected chi connectivity index (χ0v) is 18.4. The summed E-state index contributed by atoms with van der Waals surface area (Å²) < 4.78 is 1.85. The van der Waals surface area contributed by atoms with Gasteiger partial charge in [-0.1, -0.05) is 53.7 Å². The summed E-state index contributed by atoms with van der Waals surface area (Å²) in [5.74, 6) is 2.41. The van der Waals surface area contributed by atoms with E-state index >= 15 is 0 Å². The highest BCUT2D eigenvalue weighted by molar-refractivity contribution is 5.57. The van der Waals surface area contributed by atoms with Gasteiger partial charge in [0, 0.05) is 24.4 Å². The van der Waals surface area contributed by atoms with Gasteiger partial charge < -0.3 is 4.90 Å². The molecule has 0 radical (unpaired) electrons. The summed E-state index contributed by atoms with van der Waals surface area (Å²) in [6.45, 7) is 18.2. The molecule has 0 bridgehead atoms. The van der Waals surface area contributed by atoms with Crippen molar-refractivity contribution in [1.29, 1.82) is 0 Å². The normalized spacial score (nSPS) is 17.6. The number of pyridine rings is 1. The van der Waals surface area contributed by atoms with Crippen LogP contribution >= 0.6 is 0 Å². The van der Waals surface area contributed by atoms with Crippen LogP contribution in [-0.2, 0) is 0 Å². The van der Waals surface area contributed by atoms with Gasteiger partial charge in [0.1, 0.15) is 18.5 Å². The summed E-state index contributed by atoms with van der Waals surface area (Å²) in [6.07, 6.45) is 9.28. The zero-order chi connectivity index (χ0) is 20.4. The lowest BCUT2D eigenvalue weighted by Crippen LogP contribution is -2.37. The Morgan fingerprint density at radius 3 is 2.19 bits per heavy atom. The van der Waals surface area contributed by atoms with Crippen LogP contribution in [0.25, 0.3) is 17.8 Å². The van der Waals surface area contributed by atoms with Crippen molar-refractivity contribution in [3.63, 3.8) is 0 Å². The first-order valence-electron chi connectivity index (χ1n) is 10.6. The smallest absolute Gasteiger partial charge is 0.138 e. The molecule has 5 nitrogen and oxygen atoms in total. The van der Waals surface area contributed by atoms with Crippen LogP contribution in [0.3, 0.4) is 0 Å². The molecule has 0 amide bonds. The van der Waals surface area contributed by atoms with Crippen molar-refractivity contribution in [2.75, 3.05) is 18.0 Å². The van der Waals surface area contributed by atoms with Crippen LogP contribution in [0.4, 0.5) is 5.82 Å². The number of fused-ring (bicyclic) bond motifs is 2. The summed E-state index contributed by atoms with van der Waals surface area (Å²) in [7, 11) is 0. The molecule has 0 aliphatic heterocycles. The van der Waals surface area contributed by atoms with E-state index in [0.717, 1.165) is 29.9 Å². The number of hydrogen-bond donors (Lipinski definition) is 0. The van der Waals surface area contributed by atoms with Crippen LogP contribution in [-0.4, -0.2) is 32.8 Å². The maximum absolute atomic E-state index is 4.88. The molecule has 2 heterocycles. The van der Waals surface area contributed by atoms with Crippen LogP contribution in [0, 0.1) is 11.8 Å². The number of anilines is 1. The van der Waals surface area contributed by atoms with E-state index in [1.54, 1.807) is 12.7 Å². The Bertz CT molecular complexity index is 776. The largest absolute Gasteiger partial charge is 0.357 e. The summed E-state index contributed by atoms with van der Waals surface area (Å²) in [6, 6.07) is 2.13. The van der Waals surface area contributed by atoms with Gasteiger partial charge in [0.15, 0.2) is 0 Å².